The largest absolute Gasteiger partial charge is 0.548 e. The van der Waals surface area contributed by atoms with Gasteiger partial charge in [0.05, 0.1) is 50.3 Å². The minimum atomic E-state index is -1.44. The van der Waals surface area contributed by atoms with Gasteiger partial charge in [-0.3, -0.25) is 0 Å². The third-order valence-electron chi connectivity index (χ3n) is 0.516. The molecule has 21 heavy (non-hydrogen) atoms. The summed E-state index contributed by atoms with van der Waals surface area (Å²) < 4.78 is 0. The Kier molecular flexibility index (Phi) is 40.5. The van der Waals surface area contributed by atoms with E-state index in [1.807, 2.05) is 0 Å². The third-order valence-corrected chi connectivity index (χ3v) is 0.516. The molecule has 129 valence electrons. The van der Waals surface area contributed by atoms with Gasteiger partial charge in [0.25, 0.3) is 0 Å². The Hall–Kier alpha value is -1.63. The van der Waals surface area contributed by atoms with Gasteiger partial charge in [-0.2, -0.15) is 0 Å². The van der Waals surface area contributed by atoms with E-state index in [1.54, 1.807) is 0 Å². The summed E-state index contributed by atoms with van der Waals surface area (Å²) in [6.07, 6.45) is 0. The number of aliphatic carboxylic acids is 4. The normalized spacial score (nSPS) is 7.05. The van der Waals surface area contributed by atoms with E-state index in [4.69, 9.17) is 60.0 Å². The molecule has 0 aromatic carbocycles. The van der Waals surface area contributed by atoms with E-state index < -0.39 is 50.3 Å². The van der Waals surface area contributed by atoms with Gasteiger partial charge in [-0.1, -0.05) is 0 Å². The fourth-order valence-electron chi connectivity index (χ4n) is 0. The van der Waals surface area contributed by atoms with Crippen LogP contribution in [-0.4, -0.2) is 70.7 Å². The monoisotopic (exact) mass is 493 g/mol. The van der Waals surface area contributed by atoms with E-state index in [0.29, 0.717) is 0 Å². The average molecular weight is 492 g/mol. The molecule has 0 spiro atoms. The number of aliphatic hydroxyl groups is 4. The number of carboxylic acids is 4. The van der Waals surface area contributed by atoms with Gasteiger partial charge >= 0.3 is 0 Å². The summed E-state index contributed by atoms with van der Waals surface area (Å²) in [7, 11) is 0. The molecule has 0 aromatic heterocycles. The maximum Gasteiger partial charge on any atom is 0.0826 e. The number of carbonyl (C=O) groups is 4. The van der Waals surface area contributed by atoms with Crippen molar-refractivity contribution in [3.8, 4) is 0 Å². The maximum absolute atomic E-state index is 9.01. The smallest absolute Gasteiger partial charge is 0.0826 e. The maximum atomic E-state index is 9.01. The number of carboxylic acid groups (broad SMARTS) is 4. The van der Waals surface area contributed by atoms with E-state index in [0.717, 1.165) is 0 Å². The van der Waals surface area contributed by atoms with E-state index in [2.05, 4.69) is 0 Å². The molecule has 12 nitrogen and oxygen atoms in total. The first-order chi connectivity index (χ1) is 9.08. The summed E-state index contributed by atoms with van der Waals surface area (Å²) in [4.78, 5) is 36.0. The van der Waals surface area contributed by atoms with Crippen molar-refractivity contribution in [3.05, 3.63) is 0 Å². The van der Waals surface area contributed by atoms with Crippen LogP contribution in [0.25, 0.3) is 0 Å². The second kappa shape index (κ2) is 26.8. The number of aliphatic hydroxyl groups excluding tert-OH is 4. The SMILES string of the molecule is O=C([O-])CO.O=C([O-])CO.O=C([O-])CO.O=C([O-])CO.[Ir]. The van der Waals surface area contributed by atoms with Gasteiger partial charge in [0.1, 0.15) is 0 Å². The standard InChI is InChI=1S/4C2H4O3.Ir/c4*3-1-2(4)5;/h4*3H,1H2,(H,4,5);/p-4. The predicted octanol–water partition coefficient (Wildman–Crippen LogP) is -9.09. The number of hydrogen-bond acceptors (Lipinski definition) is 12. The van der Waals surface area contributed by atoms with Crippen molar-refractivity contribution in [2.75, 3.05) is 26.4 Å². The van der Waals surface area contributed by atoms with Crippen molar-refractivity contribution in [2.45, 2.75) is 0 Å². The Bertz CT molecular complexity index is 222. The van der Waals surface area contributed by atoms with Crippen LogP contribution in [0.2, 0.25) is 0 Å². The van der Waals surface area contributed by atoms with Crippen LogP contribution in [0.4, 0.5) is 0 Å². The third kappa shape index (κ3) is 121. The van der Waals surface area contributed by atoms with Crippen molar-refractivity contribution in [1.29, 1.82) is 0 Å². The molecule has 0 fully saturated rings. The molecule has 0 aliphatic heterocycles. The molecule has 0 saturated carbocycles. The first kappa shape index (κ1) is 31.7. The minimum absolute atomic E-state index is 0. The molecule has 0 bridgehead atoms. The van der Waals surface area contributed by atoms with Crippen LogP contribution in [0.1, 0.15) is 0 Å². The molecule has 0 rings (SSSR count). The van der Waals surface area contributed by atoms with Crippen LogP contribution in [0.3, 0.4) is 0 Å². The summed E-state index contributed by atoms with van der Waals surface area (Å²) in [5, 5.41) is 66.0. The number of carbonyl (C=O) groups excluding carboxylic acids is 4. The molecule has 0 amide bonds. The molecule has 0 aromatic rings. The molecule has 0 aliphatic rings. The fourth-order valence-corrected chi connectivity index (χ4v) is 0. The van der Waals surface area contributed by atoms with Crippen LogP contribution >= 0.6 is 0 Å². The Morgan fingerprint density at radius 1 is 0.524 bits per heavy atom. The molecule has 13 heteroatoms. The fraction of sp³-hybridized carbons (Fsp3) is 0.500. The molecule has 0 saturated heterocycles. The Morgan fingerprint density at radius 3 is 0.571 bits per heavy atom. The Labute approximate surface area is 131 Å². The zero-order valence-electron chi connectivity index (χ0n) is 10.2. The van der Waals surface area contributed by atoms with Gasteiger partial charge < -0.3 is 60.0 Å². The molecule has 4 N–H and O–H groups in total. The molecular weight excluding hydrogens is 480 g/mol. The minimum Gasteiger partial charge on any atom is -0.548 e. The van der Waals surface area contributed by atoms with Crippen molar-refractivity contribution >= 4 is 23.9 Å². The van der Waals surface area contributed by atoms with E-state index >= 15 is 0 Å². The van der Waals surface area contributed by atoms with Gasteiger partial charge in [0, 0.05) is 20.1 Å². The van der Waals surface area contributed by atoms with Crippen molar-refractivity contribution < 1.29 is 80.1 Å². The zero-order chi connectivity index (χ0) is 17.1. The molecule has 1 radical (unpaired) electrons. The van der Waals surface area contributed by atoms with E-state index in [1.165, 1.54) is 0 Å². The van der Waals surface area contributed by atoms with Gasteiger partial charge in [0.15, 0.2) is 0 Å². The molecular formula is C8H12IrO12-4. The van der Waals surface area contributed by atoms with Crippen LogP contribution < -0.4 is 20.4 Å². The van der Waals surface area contributed by atoms with E-state index in [-0.39, 0.29) is 20.1 Å². The van der Waals surface area contributed by atoms with Crippen molar-refractivity contribution in [1.82, 2.24) is 0 Å². The summed E-state index contributed by atoms with van der Waals surface area (Å²) in [6.45, 7) is -3.56. The molecule has 0 unspecified atom stereocenters. The number of rotatable bonds is 4. The molecule has 0 aliphatic carbocycles. The van der Waals surface area contributed by atoms with Gasteiger partial charge in [-0.25, -0.2) is 0 Å². The average Bonchev–Trinajstić information content (AvgIpc) is 2.40. The summed E-state index contributed by atoms with van der Waals surface area (Å²) in [6, 6.07) is 0. The number of hydrogen-bond donors (Lipinski definition) is 4. The van der Waals surface area contributed by atoms with Crippen LogP contribution in [-0.2, 0) is 39.3 Å². The van der Waals surface area contributed by atoms with Gasteiger partial charge in [-0.15, -0.1) is 0 Å². The zero-order valence-corrected chi connectivity index (χ0v) is 12.6. The van der Waals surface area contributed by atoms with Gasteiger partial charge in [-0.05, 0) is 0 Å². The Morgan fingerprint density at radius 2 is 0.571 bits per heavy atom. The molecule has 0 heterocycles. The summed E-state index contributed by atoms with van der Waals surface area (Å²) in [5.41, 5.74) is 0. The second-order valence-corrected chi connectivity index (χ2v) is 2.12. The second-order valence-electron chi connectivity index (χ2n) is 2.12. The van der Waals surface area contributed by atoms with Gasteiger partial charge in [0.2, 0.25) is 0 Å². The Balaban J connectivity index is -0.0000000533. The predicted molar refractivity (Wildman–Crippen MR) is 48.4 cm³/mol. The quantitative estimate of drug-likeness (QED) is 0.286. The van der Waals surface area contributed by atoms with Crippen molar-refractivity contribution in [2.24, 2.45) is 0 Å². The topological polar surface area (TPSA) is 241 Å². The molecule has 0 atom stereocenters. The first-order valence-corrected chi connectivity index (χ1v) is 4.31. The van der Waals surface area contributed by atoms with Crippen LogP contribution in [0, 0.1) is 0 Å². The van der Waals surface area contributed by atoms with Crippen LogP contribution in [0.5, 0.6) is 0 Å². The van der Waals surface area contributed by atoms with Crippen LogP contribution in [0.15, 0.2) is 0 Å². The van der Waals surface area contributed by atoms with E-state index in [9.17, 15) is 0 Å². The summed E-state index contributed by atoms with van der Waals surface area (Å²) in [5.74, 6) is -5.76. The van der Waals surface area contributed by atoms with Crippen molar-refractivity contribution in [3.63, 3.8) is 0 Å². The first-order valence-electron chi connectivity index (χ1n) is 4.31. The summed E-state index contributed by atoms with van der Waals surface area (Å²) >= 11 is 0.